The maximum atomic E-state index is 5.82. The van der Waals surface area contributed by atoms with Crippen molar-refractivity contribution >= 4 is 22.6 Å². The number of anilines is 1. The highest BCUT2D eigenvalue weighted by Gasteiger charge is 2.16. The van der Waals surface area contributed by atoms with Gasteiger partial charge in [-0.15, -0.1) is 0 Å². The molecule has 1 aromatic carbocycles. The van der Waals surface area contributed by atoms with Gasteiger partial charge in [0.15, 0.2) is 5.17 Å². The molecular formula is C15H22N2OS. The molecule has 2 atom stereocenters. The first kappa shape index (κ1) is 14.3. The molecule has 2 rings (SSSR count). The molecule has 2 unspecified atom stereocenters. The predicted molar refractivity (Wildman–Crippen MR) is 84.4 cm³/mol. The van der Waals surface area contributed by atoms with Crippen LogP contribution in [0.25, 0.3) is 0 Å². The SMILES string of the molecule is CCC1CSC(Nc2cccc(OC(C)CC)c2)=N1. The molecule has 1 N–H and O–H groups in total. The van der Waals surface area contributed by atoms with Crippen molar-refractivity contribution in [1.29, 1.82) is 0 Å². The van der Waals surface area contributed by atoms with E-state index in [1.165, 1.54) is 0 Å². The molecule has 1 aliphatic rings. The van der Waals surface area contributed by atoms with Gasteiger partial charge >= 0.3 is 0 Å². The molecular weight excluding hydrogens is 256 g/mol. The summed E-state index contributed by atoms with van der Waals surface area (Å²) in [5, 5.41) is 4.39. The van der Waals surface area contributed by atoms with Crippen molar-refractivity contribution in [1.82, 2.24) is 0 Å². The molecule has 0 spiro atoms. The molecule has 3 nitrogen and oxygen atoms in total. The lowest BCUT2D eigenvalue weighted by Gasteiger charge is -2.13. The van der Waals surface area contributed by atoms with Crippen molar-refractivity contribution in [2.75, 3.05) is 11.1 Å². The molecule has 0 bridgehead atoms. The monoisotopic (exact) mass is 278 g/mol. The van der Waals surface area contributed by atoms with Gasteiger partial charge in [-0.3, -0.25) is 4.99 Å². The van der Waals surface area contributed by atoms with E-state index in [-0.39, 0.29) is 6.10 Å². The molecule has 1 aromatic rings. The van der Waals surface area contributed by atoms with Gasteiger partial charge in [0.05, 0.1) is 12.1 Å². The number of benzene rings is 1. The Morgan fingerprint density at radius 1 is 1.47 bits per heavy atom. The zero-order chi connectivity index (χ0) is 13.7. The Hall–Kier alpha value is -1.16. The second-order valence-corrected chi connectivity index (χ2v) is 5.81. The minimum atomic E-state index is 0.248. The largest absolute Gasteiger partial charge is 0.491 e. The van der Waals surface area contributed by atoms with Crippen LogP contribution in [0, 0.1) is 0 Å². The first-order chi connectivity index (χ1) is 9.21. The zero-order valence-electron chi connectivity index (χ0n) is 11.8. The number of nitrogens with zero attached hydrogens (tertiary/aromatic N) is 1. The van der Waals surface area contributed by atoms with Gasteiger partial charge in [0.1, 0.15) is 5.75 Å². The minimum absolute atomic E-state index is 0.248. The van der Waals surface area contributed by atoms with Crippen LogP contribution in [0.5, 0.6) is 5.75 Å². The quantitative estimate of drug-likeness (QED) is 0.878. The summed E-state index contributed by atoms with van der Waals surface area (Å²) in [6, 6.07) is 8.56. The van der Waals surface area contributed by atoms with Gasteiger partial charge in [-0.05, 0) is 31.9 Å². The van der Waals surface area contributed by atoms with Crippen molar-refractivity contribution in [3.8, 4) is 5.75 Å². The molecule has 0 saturated carbocycles. The van der Waals surface area contributed by atoms with Crippen LogP contribution in [-0.4, -0.2) is 23.1 Å². The molecule has 1 heterocycles. The second kappa shape index (κ2) is 6.85. The third kappa shape index (κ3) is 4.16. The maximum absolute atomic E-state index is 5.82. The van der Waals surface area contributed by atoms with E-state index >= 15 is 0 Å². The van der Waals surface area contributed by atoms with E-state index in [0.717, 1.165) is 35.2 Å². The lowest BCUT2D eigenvalue weighted by atomic mass is 10.3. The topological polar surface area (TPSA) is 33.6 Å². The van der Waals surface area contributed by atoms with Crippen LogP contribution in [-0.2, 0) is 0 Å². The molecule has 104 valence electrons. The van der Waals surface area contributed by atoms with Gasteiger partial charge in [0, 0.05) is 17.5 Å². The van der Waals surface area contributed by atoms with Crippen LogP contribution in [0.4, 0.5) is 5.69 Å². The summed E-state index contributed by atoms with van der Waals surface area (Å²) in [7, 11) is 0. The Balaban J connectivity index is 1.99. The number of nitrogens with one attached hydrogen (secondary N) is 1. The van der Waals surface area contributed by atoms with Gasteiger partial charge in [-0.25, -0.2) is 0 Å². The molecule has 1 aliphatic heterocycles. The summed E-state index contributed by atoms with van der Waals surface area (Å²) >= 11 is 1.79. The zero-order valence-corrected chi connectivity index (χ0v) is 12.7. The van der Waals surface area contributed by atoms with E-state index in [9.17, 15) is 0 Å². The van der Waals surface area contributed by atoms with Crippen molar-refractivity contribution < 1.29 is 4.74 Å². The maximum Gasteiger partial charge on any atom is 0.161 e. The minimum Gasteiger partial charge on any atom is -0.491 e. The number of ether oxygens (including phenoxy) is 1. The Morgan fingerprint density at radius 3 is 3.00 bits per heavy atom. The smallest absolute Gasteiger partial charge is 0.161 e. The van der Waals surface area contributed by atoms with Gasteiger partial charge < -0.3 is 10.1 Å². The number of aliphatic imine (C=N–C) groups is 1. The van der Waals surface area contributed by atoms with Gasteiger partial charge in [-0.2, -0.15) is 0 Å². The highest BCUT2D eigenvalue weighted by atomic mass is 32.2. The van der Waals surface area contributed by atoms with E-state index in [1.54, 1.807) is 11.8 Å². The highest BCUT2D eigenvalue weighted by molar-refractivity contribution is 8.14. The predicted octanol–water partition coefficient (Wildman–Crippen LogP) is 4.16. The van der Waals surface area contributed by atoms with Crippen molar-refractivity contribution in [2.45, 2.75) is 45.8 Å². The van der Waals surface area contributed by atoms with Crippen LogP contribution >= 0.6 is 11.8 Å². The normalized spacial score (nSPS) is 19.9. The highest BCUT2D eigenvalue weighted by Crippen LogP contribution is 2.24. The van der Waals surface area contributed by atoms with E-state index in [2.05, 4.69) is 31.1 Å². The first-order valence-electron chi connectivity index (χ1n) is 6.95. The van der Waals surface area contributed by atoms with Gasteiger partial charge in [0.2, 0.25) is 0 Å². The van der Waals surface area contributed by atoms with Crippen LogP contribution in [0.1, 0.15) is 33.6 Å². The van der Waals surface area contributed by atoms with Crippen LogP contribution in [0.15, 0.2) is 29.3 Å². The lowest BCUT2D eigenvalue weighted by Crippen LogP contribution is -2.10. The Kier molecular flexibility index (Phi) is 5.14. The molecule has 0 saturated heterocycles. The fourth-order valence-corrected chi connectivity index (χ4v) is 2.85. The van der Waals surface area contributed by atoms with Crippen molar-refractivity contribution in [3.05, 3.63) is 24.3 Å². The molecule has 4 heteroatoms. The summed E-state index contributed by atoms with van der Waals surface area (Å²) in [6.45, 7) is 6.39. The number of thioether (sulfide) groups is 1. The fourth-order valence-electron chi connectivity index (χ4n) is 1.78. The molecule has 19 heavy (non-hydrogen) atoms. The van der Waals surface area contributed by atoms with E-state index in [1.807, 2.05) is 24.3 Å². The average molecular weight is 278 g/mol. The van der Waals surface area contributed by atoms with E-state index in [0.29, 0.717) is 6.04 Å². The molecule has 0 aromatic heterocycles. The third-order valence-corrected chi connectivity index (χ3v) is 4.21. The molecule has 0 fully saturated rings. The summed E-state index contributed by atoms with van der Waals surface area (Å²) in [4.78, 5) is 4.64. The van der Waals surface area contributed by atoms with E-state index < -0.39 is 0 Å². The summed E-state index contributed by atoms with van der Waals surface area (Å²) in [6.07, 6.45) is 2.37. The summed E-state index contributed by atoms with van der Waals surface area (Å²) in [5.41, 5.74) is 1.05. The van der Waals surface area contributed by atoms with Crippen molar-refractivity contribution in [3.63, 3.8) is 0 Å². The molecule has 0 amide bonds. The fraction of sp³-hybridized carbons (Fsp3) is 0.533. The Labute approximate surface area is 119 Å². The number of rotatable bonds is 5. The number of amidine groups is 1. The average Bonchev–Trinajstić information content (AvgIpc) is 2.86. The lowest BCUT2D eigenvalue weighted by molar-refractivity contribution is 0.217. The van der Waals surface area contributed by atoms with Crippen LogP contribution < -0.4 is 10.1 Å². The van der Waals surface area contributed by atoms with E-state index in [4.69, 9.17) is 4.74 Å². The molecule has 0 radical (unpaired) electrons. The summed E-state index contributed by atoms with van der Waals surface area (Å²) < 4.78 is 5.82. The number of hydrogen-bond acceptors (Lipinski definition) is 4. The van der Waals surface area contributed by atoms with Crippen LogP contribution in [0.2, 0.25) is 0 Å². The number of hydrogen-bond donors (Lipinski definition) is 1. The standard InChI is InChI=1S/C15H22N2OS/c1-4-11(3)18-14-8-6-7-13(9-14)17-15-16-12(5-2)10-19-15/h6-9,11-12H,4-5,10H2,1-3H3,(H,16,17). The first-order valence-corrected chi connectivity index (χ1v) is 7.94. The second-order valence-electron chi connectivity index (χ2n) is 4.80. The van der Waals surface area contributed by atoms with Gasteiger partial charge in [0.25, 0.3) is 0 Å². The third-order valence-electron chi connectivity index (χ3n) is 3.18. The van der Waals surface area contributed by atoms with Gasteiger partial charge in [-0.1, -0.05) is 31.7 Å². The molecule has 0 aliphatic carbocycles. The Bertz CT molecular complexity index is 448. The van der Waals surface area contributed by atoms with Crippen LogP contribution in [0.3, 0.4) is 0 Å². The summed E-state index contributed by atoms with van der Waals surface area (Å²) in [5.74, 6) is 2.00. The van der Waals surface area contributed by atoms with Crippen molar-refractivity contribution in [2.24, 2.45) is 4.99 Å². The Morgan fingerprint density at radius 2 is 2.32 bits per heavy atom.